The van der Waals surface area contributed by atoms with Crippen molar-refractivity contribution in [1.82, 2.24) is 0 Å². The van der Waals surface area contributed by atoms with Gasteiger partial charge in [-0.2, -0.15) is 0 Å². The molecule has 0 saturated heterocycles. The second-order valence-corrected chi connectivity index (χ2v) is 4.68. The highest BCUT2D eigenvalue weighted by atomic mass is 32.2. The number of anilines is 1. The zero-order valence-electron chi connectivity index (χ0n) is 7.67. The molecule has 70 valence electrons. The normalized spacial score (nSPS) is 17.3. The van der Waals surface area contributed by atoms with Crippen molar-refractivity contribution in [2.45, 2.75) is 17.7 Å². The molecular formula is C10H13NOS. The van der Waals surface area contributed by atoms with Gasteiger partial charge in [0.15, 0.2) is 0 Å². The molecule has 0 bridgehead atoms. The van der Waals surface area contributed by atoms with E-state index in [1.807, 2.05) is 12.1 Å². The van der Waals surface area contributed by atoms with E-state index in [2.05, 4.69) is 11.4 Å². The SMILES string of the molecule is CS(=O)c1ccc2c(c1)NCCC2. The number of hydrogen-bond donors (Lipinski definition) is 1. The largest absolute Gasteiger partial charge is 0.385 e. The summed E-state index contributed by atoms with van der Waals surface area (Å²) >= 11 is 0. The first-order valence-corrected chi connectivity index (χ1v) is 6.03. The van der Waals surface area contributed by atoms with E-state index in [4.69, 9.17) is 0 Å². The monoisotopic (exact) mass is 195 g/mol. The van der Waals surface area contributed by atoms with Crippen LogP contribution in [-0.4, -0.2) is 17.0 Å². The Hall–Kier alpha value is -0.830. The summed E-state index contributed by atoms with van der Waals surface area (Å²) in [5.74, 6) is 0. The maximum absolute atomic E-state index is 11.2. The molecule has 1 aromatic rings. The Labute approximate surface area is 80.8 Å². The van der Waals surface area contributed by atoms with Crippen LogP contribution in [0.25, 0.3) is 0 Å². The fraction of sp³-hybridized carbons (Fsp3) is 0.400. The molecule has 1 aromatic carbocycles. The predicted molar refractivity (Wildman–Crippen MR) is 55.6 cm³/mol. The third kappa shape index (κ3) is 1.75. The van der Waals surface area contributed by atoms with Crippen LogP contribution in [0.4, 0.5) is 5.69 Å². The minimum absolute atomic E-state index is 0.867. The van der Waals surface area contributed by atoms with Gasteiger partial charge >= 0.3 is 0 Å². The predicted octanol–water partition coefficient (Wildman–Crippen LogP) is 1.78. The van der Waals surface area contributed by atoms with Crippen molar-refractivity contribution in [1.29, 1.82) is 0 Å². The Kier molecular flexibility index (Phi) is 2.36. The summed E-state index contributed by atoms with van der Waals surface area (Å²) in [6, 6.07) is 6.05. The topological polar surface area (TPSA) is 29.1 Å². The van der Waals surface area contributed by atoms with E-state index in [0.717, 1.165) is 17.9 Å². The summed E-state index contributed by atoms with van der Waals surface area (Å²) in [6.45, 7) is 1.03. The van der Waals surface area contributed by atoms with Crippen LogP contribution in [0.2, 0.25) is 0 Å². The zero-order chi connectivity index (χ0) is 9.26. The van der Waals surface area contributed by atoms with E-state index in [9.17, 15) is 4.21 Å². The maximum atomic E-state index is 11.2. The molecule has 1 aliphatic rings. The summed E-state index contributed by atoms with van der Waals surface area (Å²) in [5, 5.41) is 3.32. The molecule has 1 atom stereocenters. The Morgan fingerprint density at radius 3 is 3.08 bits per heavy atom. The average Bonchev–Trinajstić information content (AvgIpc) is 2.17. The van der Waals surface area contributed by atoms with E-state index < -0.39 is 10.8 Å². The van der Waals surface area contributed by atoms with Crippen molar-refractivity contribution in [2.24, 2.45) is 0 Å². The van der Waals surface area contributed by atoms with Gasteiger partial charge in [-0.15, -0.1) is 0 Å². The molecule has 0 amide bonds. The van der Waals surface area contributed by atoms with Crippen molar-refractivity contribution in [3.8, 4) is 0 Å². The van der Waals surface area contributed by atoms with Gasteiger partial charge in [0.2, 0.25) is 0 Å². The maximum Gasteiger partial charge on any atom is 0.0498 e. The van der Waals surface area contributed by atoms with Gasteiger partial charge in [0, 0.05) is 34.2 Å². The number of nitrogens with one attached hydrogen (secondary N) is 1. The molecule has 0 saturated carbocycles. The number of hydrogen-bond acceptors (Lipinski definition) is 2. The third-order valence-electron chi connectivity index (χ3n) is 2.35. The fourth-order valence-electron chi connectivity index (χ4n) is 1.62. The molecule has 0 spiro atoms. The smallest absolute Gasteiger partial charge is 0.0498 e. The number of fused-ring (bicyclic) bond motifs is 1. The molecular weight excluding hydrogens is 182 g/mol. The van der Waals surface area contributed by atoms with Gasteiger partial charge in [-0.3, -0.25) is 4.21 Å². The van der Waals surface area contributed by atoms with Crippen molar-refractivity contribution in [2.75, 3.05) is 18.1 Å². The minimum Gasteiger partial charge on any atom is -0.385 e. The van der Waals surface area contributed by atoms with Gasteiger partial charge in [0.05, 0.1) is 0 Å². The second-order valence-electron chi connectivity index (χ2n) is 3.30. The van der Waals surface area contributed by atoms with Crippen molar-refractivity contribution in [3.63, 3.8) is 0 Å². The molecule has 1 unspecified atom stereocenters. The molecule has 3 heteroatoms. The quantitative estimate of drug-likeness (QED) is 0.740. The van der Waals surface area contributed by atoms with Crippen LogP contribution in [0.15, 0.2) is 23.1 Å². The lowest BCUT2D eigenvalue weighted by molar-refractivity contribution is 0.686. The van der Waals surface area contributed by atoms with Crippen LogP contribution in [0.5, 0.6) is 0 Å². The number of benzene rings is 1. The van der Waals surface area contributed by atoms with Crippen molar-refractivity contribution < 1.29 is 4.21 Å². The lowest BCUT2D eigenvalue weighted by Gasteiger charge is -2.18. The Morgan fingerprint density at radius 1 is 1.46 bits per heavy atom. The van der Waals surface area contributed by atoms with E-state index in [0.29, 0.717) is 0 Å². The molecule has 1 aliphatic heterocycles. The van der Waals surface area contributed by atoms with Crippen LogP contribution < -0.4 is 5.32 Å². The van der Waals surface area contributed by atoms with E-state index in [1.54, 1.807) is 6.26 Å². The molecule has 0 fully saturated rings. The molecule has 1 heterocycles. The first-order chi connectivity index (χ1) is 6.27. The number of aryl methyl sites for hydroxylation is 1. The van der Waals surface area contributed by atoms with Crippen LogP contribution >= 0.6 is 0 Å². The van der Waals surface area contributed by atoms with Gasteiger partial charge in [-0.05, 0) is 30.5 Å². The van der Waals surface area contributed by atoms with Crippen molar-refractivity contribution in [3.05, 3.63) is 23.8 Å². The Bertz CT molecular complexity index is 349. The summed E-state index contributed by atoms with van der Waals surface area (Å²) < 4.78 is 11.2. The van der Waals surface area contributed by atoms with Crippen LogP contribution in [-0.2, 0) is 17.2 Å². The molecule has 0 radical (unpaired) electrons. The molecule has 2 rings (SSSR count). The Morgan fingerprint density at radius 2 is 2.31 bits per heavy atom. The van der Waals surface area contributed by atoms with Gasteiger partial charge in [0.25, 0.3) is 0 Å². The summed E-state index contributed by atoms with van der Waals surface area (Å²) in [6.07, 6.45) is 4.05. The van der Waals surface area contributed by atoms with Gasteiger partial charge in [0.1, 0.15) is 0 Å². The van der Waals surface area contributed by atoms with Crippen LogP contribution in [0.3, 0.4) is 0 Å². The van der Waals surface area contributed by atoms with E-state index in [1.165, 1.54) is 17.7 Å². The second kappa shape index (κ2) is 3.50. The van der Waals surface area contributed by atoms with Gasteiger partial charge in [-0.1, -0.05) is 6.07 Å². The van der Waals surface area contributed by atoms with Gasteiger partial charge < -0.3 is 5.32 Å². The third-order valence-corrected chi connectivity index (χ3v) is 3.27. The zero-order valence-corrected chi connectivity index (χ0v) is 8.49. The van der Waals surface area contributed by atoms with E-state index in [-0.39, 0.29) is 0 Å². The standard InChI is InChI=1S/C10H13NOS/c1-13(12)9-5-4-8-3-2-6-11-10(8)7-9/h4-5,7,11H,2-3,6H2,1H3. The summed E-state index contributed by atoms with van der Waals surface area (Å²) in [5.41, 5.74) is 2.51. The molecule has 0 aliphatic carbocycles. The molecule has 13 heavy (non-hydrogen) atoms. The van der Waals surface area contributed by atoms with Gasteiger partial charge in [-0.25, -0.2) is 0 Å². The molecule has 2 nitrogen and oxygen atoms in total. The lowest BCUT2D eigenvalue weighted by Crippen LogP contribution is -2.11. The Balaban J connectivity index is 2.40. The molecule has 1 N–H and O–H groups in total. The molecule has 0 aromatic heterocycles. The van der Waals surface area contributed by atoms with Crippen molar-refractivity contribution >= 4 is 16.5 Å². The highest BCUT2D eigenvalue weighted by Gasteiger charge is 2.09. The minimum atomic E-state index is -0.867. The van der Waals surface area contributed by atoms with Crippen LogP contribution in [0.1, 0.15) is 12.0 Å². The highest BCUT2D eigenvalue weighted by Crippen LogP contribution is 2.23. The summed E-state index contributed by atoms with van der Waals surface area (Å²) in [4.78, 5) is 0.910. The fourth-order valence-corrected chi connectivity index (χ4v) is 2.16. The first-order valence-electron chi connectivity index (χ1n) is 4.47. The van der Waals surface area contributed by atoms with Crippen LogP contribution in [0, 0.1) is 0 Å². The van der Waals surface area contributed by atoms with E-state index >= 15 is 0 Å². The summed E-state index contributed by atoms with van der Waals surface area (Å²) in [7, 11) is -0.867. The lowest BCUT2D eigenvalue weighted by atomic mass is 10.0. The average molecular weight is 195 g/mol. The number of rotatable bonds is 1. The first kappa shape index (κ1) is 8.75. The highest BCUT2D eigenvalue weighted by molar-refractivity contribution is 7.84.